The predicted octanol–water partition coefficient (Wildman–Crippen LogP) is 2.29. The van der Waals surface area contributed by atoms with Gasteiger partial charge in [-0.05, 0) is 18.6 Å². The van der Waals surface area contributed by atoms with Crippen molar-refractivity contribution in [1.29, 1.82) is 0 Å². The van der Waals surface area contributed by atoms with Crippen molar-refractivity contribution in [3.05, 3.63) is 35.9 Å². The lowest BCUT2D eigenvalue weighted by atomic mass is 10.1. The van der Waals surface area contributed by atoms with E-state index in [0.29, 0.717) is 6.54 Å². The number of hydrogen-bond donors (Lipinski definition) is 3. The van der Waals surface area contributed by atoms with E-state index in [2.05, 4.69) is 5.32 Å². The minimum Gasteiger partial charge on any atom is -0.481 e. The molecule has 2 atom stereocenters. The zero-order chi connectivity index (χ0) is 16.6. The summed E-state index contributed by atoms with van der Waals surface area (Å²) in [6.07, 6.45) is 0.0196. The summed E-state index contributed by atoms with van der Waals surface area (Å²) in [6.45, 7) is 2.12. The third-order valence-electron chi connectivity index (χ3n) is 3.28. The Hall–Kier alpha value is -1.65. The van der Waals surface area contributed by atoms with Gasteiger partial charge in [0.1, 0.15) is 0 Å². The summed E-state index contributed by atoms with van der Waals surface area (Å²) in [5.41, 5.74) is 1.06. The van der Waals surface area contributed by atoms with Crippen molar-refractivity contribution < 1.29 is 24.4 Å². The largest absolute Gasteiger partial charge is 0.481 e. The van der Waals surface area contributed by atoms with Gasteiger partial charge < -0.3 is 20.1 Å². The van der Waals surface area contributed by atoms with E-state index >= 15 is 0 Å². The average molecular weight is 327 g/mol. The van der Waals surface area contributed by atoms with Crippen molar-refractivity contribution in [3.8, 4) is 0 Å². The molecule has 0 spiro atoms. The van der Waals surface area contributed by atoms with Crippen LogP contribution in [0.3, 0.4) is 0 Å². The number of carboxylic acid groups (broad SMARTS) is 2. The second-order valence-corrected chi connectivity index (χ2v) is 8.79. The van der Waals surface area contributed by atoms with Gasteiger partial charge in [-0.1, -0.05) is 30.3 Å². The molecule has 0 saturated carbocycles. The molecular formula is C15H22NO5P. The van der Waals surface area contributed by atoms with Crippen LogP contribution >= 0.6 is 7.14 Å². The average Bonchev–Trinajstić information content (AvgIpc) is 2.44. The molecule has 7 heteroatoms. The van der Waals surface area contributed by atoms with Crippen molar-refractivity contribution in [2.24, 2.45) is 5.92 Å². The molecule has 0 aliphatic rings. The number of carbonyl (C=O) groups is 2. The highest BCUT2D eigenvalue weighted by atomic mass is 31.2. The fourth-order valence-electron chi connectivity index (χ4n) is 2.15. The van der Waals surface area contributed by atoms with E-state index in [4.69, 9.17) is 10.2 Å². The Morgan fingerprint density at radius 3 is 2.41 bits per heavy atom. The monoisotopic (exact) mass is 327 g/mol. The van der Waals surface area contributed by atoms with Gasteiger partial charge in [0.2, 0.25) is 0 Å². The van der Waals surface area contributed by atoms with Gasteiger partial charge in [-0.2, -0.15) is 0 Å². The molecule has 122 valence electrons. The summed E-state index contributed by atoms with van der Waals surface area (Å²) in [5, 5.41) is 20.8. The summed E-state index contributed by atoms with van der Waals surface area (Å²) >= 11 is 0. The predicted molar refractivity (Wildman–Crippen MR) is 84.5 cm³/mol. The smallest absolute Gasteiger partial charge is 0.306 e. The summed E-state index contributed by atoms with van der Waals surface area (Å²) < 4.78 is 12.5. The van der Waals surface area contributed by atoms with Crippen molar-refractivity contribution >= 4 is 19.1 Å². The molecule has 0 bridgehead atoms. The summed E-state index contributed by atoms with van der Waals surface area (Å²) in [6, 6.07) is 9.62. The van der Waals surface area contributed by atoms with Crippen molar-refractivity contribution in [1.82, 2.24) is 5.32 Å². The topological polar surface area (TPSA) is 104 Å². The number of aliphatic carboxylic acids is 2. The number of nitrogens with one attached hydrogen (secondary N) is 1. The van der Waals surface area contributed by atoms with Crippen LogP contribution < -0.4 is 5.32 Å². The van der Waals surface area contributed by atoms with E-state index in [0.717, 1.165) is 5.56 Å². The van der Waals surface area contributed by atoms with Gasteiger partial charge in [0.25, 0.3) is 0 Å². The minimum atomic E-state index is -2.68. The Balaban J connectivity index is 2.47. The van der Waals surface area contributed by atoms with E-state index in [9.17, 15) is 14.2 Å². The third kappa shape index (κ3) is 7.38. The molecular weight excluding hydrogens is 305 g/mol. The minimum absolute atomic E-state index is 0.00117. The highest BCUT2D eigenvalue weighted by Crippen LogP contribution is 2.42. The molecule has 0 saturated heterocycles. The number of carboxylic acids is 2. The lowest BCUT2D eigenvalue weighted by Crippen LogP contribution is -2.23. The molecule has 22 heavy (non-hydrogen) atoms. The van der Waals surface area contributed by atoms with E-state index in [1.54, 1.807) is 6.66 Å². The van der Waals surface area contributed by atoms with E-state index in [-0.39, 0.29) is 25.3 Å². The second kappa shape index (κ2) is 8.71. The molecule has 1 aromatic rings. The SMILES string of the molecule is CP(=O)(CNCc1ccccc1)CC(CCC(=O)O)C(=O)O. The highest BCUT2D eigenvalue weighted by Gasteiger charge is 2.27. The van der Waals surface area contributed by atoms with Crippen LogP contribution in [-0.2, 0) is 20.7 Å². The van der Waals surface area contributed by atoms with E-state index in [1.807, 2.05) is 30.3 Å². The van der Waals surface area contributed by atoms with Crippen LogP contribution in [0.5, 0.6) is 0 Å². The van der Waals surface area contributed by atoms with Crippen LogP contribution in [0.4, 0.5) is 0 Å². The molecule has 0 radical (unpaired) electrons. The lowest BCUT2D eigenvalue weighted by molar-refractivity contribution is -0.142. The zero-order valence-electron chi connectivity index (χ0n) is 12.6. The first-order valence-electron chi connectivity index (χ1n) is 7.05. The molecule has 2 unspecified atom stereocenters. The Bertz CT molecular complexity index is 546. The molecule has 6 nitrogen and oxygen atoms in total. The molecule has 0 heterocycles. The number of hydrogen-bond acceptors (Lipinski definition) is 4. The number of benzene rings is 1. The van der Waals surface area contributed by atoms with Crippen LogP contribution in [0.25, 0.3) is 0 Å². The summed E-state index contributed by atoms with van der Waals surface area (Å²) in [4.78, 5) is 21.7. The van der Waals surface area contributed by atoms with Crippen LogP contribution in [0.2, 0.25) is 0 Å². The first-order valence-corrected chi connectivity index (χ1v) is 9.57. The van der Waals surface area contributed by atoms with Crippen LogP contribution in [0.15, 0.2) is 30.3 Å². The molecule has 0 fully saturated rings. The first kappa shape index (κ1) is 18.4. The molecule has 0 aromatic heterocycles. The zero-order valence-corrected chi connectivity index (χ0v) is 13.5. The first-order chi connectivity index (χ1) is 10.3. The summed E-state index contributed by atoms with van der Waals surface area (Å²) in [5.74, 6) is -3.02. The second-order valence-electron chi connectivity index (χ2n) is 5.52. The Morgan fingerprint density at radius 2 is 1.86 bits per heavy atom. The van der Waals surface area contributed by atoms with Crippen LogP contribution in [-0.4, -0.2) is 41.3 Å². The van der Waals surface area contributed by atoms with Gasteiger partial charge in [-0.15, -0.1) is 0 Å². The van der Waals surface area contributed by atoms with E-state index in [1.165, 1.54) is 0 Å². The van der Waals surface area contributed by atoms with Crippen LogP contribution in [0.1, 0.15) is 18.4 Å². The molecule has 3 N–H and O–H groups in total. The quantitative estimate of drug-likeness (QED) is 0.570. The fourth-order valence-corrected chi connectivity index (χ4v) is 4.14. The maximum absolute atomic E-state index is 12.5. The fraction of sp³-hybridized carbons (Fsp3) is 0.467. The molecule has 1 rings (SSSR count). The van der Waals surface area contributed by atoms with Crippen LogP contribution in [0, 0.1) is 5.92 Å². The number of rotatable bonds is 10. The molecule has 1 aromatic carbocycles. The van der Waals surface area contributed by atoms with Crippen molar-refractivity contribution in [2.75, 3.05) is 19.1 Å². The van der Waals surface area contributed by atoms with Crippen molar-refractivity contribution in [2.45, 2.75) is 19.4 Å². The Labute approximate surface area is 129 Å². The summed E-state index contributed by atoms with van der Waals surface area (Å²) in [7, 11) is -2.68. The molecule has 0 aliphatic heterocycles. The molecule has 0 aliphatic carbocycles. The normalized spacial score (nSPS) is 15.0. The van der Waals surface area contributed by atoms with Gasteiger partial charge >= 0.3 is 11.9 Å². The maximum atomic E-state index is 12.5. The van der Waals surface area contributed by atoms with Crippen molar-refractivity contribution in [3.63, 3.8) is 0 Å². The molecule has 0 amide bonds. The Kier molecular flexibility index (Phi) is 7.28. The van der Waals surface area contributed by atoms with Gasteiger partial charge in [-0.25, -0.2) is 0 Å². The highest BCUT2D eigenvalue weighted by molar-refractivity contribution is 7.63. The lowest BCUT2D eigenvalue weighted by Gasteiger charge is -2.18. The van der Waals surface area contributed by atoms with E-state index < -0.39 is 25.0 Å². The van der Waals surface area contributed by atoms with Gasteiger partial charge in [-0.3, -0.25) is 9.59 Å². The van der Waals surface area contributed by atoms with Gasteiger partial charge in [0, 0.05) is 25.4 Å². The van der Waals surface area contributed by atoms with Gasteiger partial charge in [0.15, 0.2) is 0 Å². The Morgan fingerprint density at radius 1 is 1.23 bits per heavy atom. The standard InChI is InChI=1S/C15H22NO5P/c1-22(21,10-13(15(19)20)7-8-14(17)18)11-16-9-12-5-3-2-4-6-12/h2-6,13,16H,7-11H2,1H3,(H,17,18)(H,19,20). The van der Waals surface area contributed by atoms with Gasteiger partial charge in [0.05, 0.1) is 13.1 Å². The third-order valence-corrected chi connectivity index (χ3v) is 5.39. The maximum Gasteiger partial charge on any atom is 0.306 e.